The summed E-state index contributed by atoms with van der Waals surface area (Å²) in [5, 5.41) is 17.7. The average molecular weight is 420 g/mol. The normalized spacial score (nSPS) is 10.6. The summed E-state index contributed by atoms with van der Waals surface area (Å²) in [6.07, 6.45) is 0. The van der Waals surface area contributed by atoms with Crippen molar-refractivity contribution in [2.24, 2.45) is 0 Å². The number of nitrogens with zero attached hydrogens (tertiary/aromatic N) is 3. The maximum absolute atomic E-state index is 14.3. The predicted octanol–water partition coefficient (Wildman–Crippen LogP) is 4.98. The minimum atomic E-state index is -0.682. The Kier molecular flexibility index (Phi) is 5.23. The number of rotatable bonds is 5. The van der Waals surface area contributed by atoms with Crippen molar-refractivity contribution in [2.75, 3.05) is 5.32 Å². The summed E-state index contributed by atoms with van der Waals surface area (Å²) in [5.74, 6) is -1.83. The molecule has 3 aromatic carbocycles. The first kappa shape index (κ1) is 19.9. The van der Waals surface area contributed by atoms with Gasteiger partial charge in [0.15, 0.2) is 0 Å². The van der Waals surface area contributed by atoms with Crippen LogP contribution < -0.4 is 5.32 Å². The van der Waals surface area contributed by atoms with Crippen LogP contribution in [0.15, 0.2) is 78.9 Å². The summed E-state index contributed by atoms with van der Waals surface area (Å²) in [7, 11) is 0. The molecule has 1 heterocycles. The Bertz CT molecular complexity index is 1290. The van der Waals surface area contributed by atoms with E-state index in [1.54, 1.807) is 12.1 Å². The summed E-state index contributed by atoms with van der Waals surface area (Å²) >= 11 is 0. The van der Waals surface area contributed by atoms with Crippen LogP contribution >= 0.6 is 0 Å². The van der Waals surface area contributed by atoms with Crippen LogP contribution in [0.1, 0.15) is 10.5 Å². The van der Waals surface area contributed by atoms with Gasteiger partial charge in [-0.15, -0.1) is 0 Å². The molecule has 0 aliphatic heterocycles. The molecule has 1 N–H and O–H groups in total. The Morgan fingerprint density at radius 2 is 1.58 bits per heavy atom. The SMILES string of the molecule is O=C(Nc1ccccc1F)c1cc(-c2ccccc2F)nn1-c1ccc([N+](=O)[O-])cc1. The van der Waals surface area contributed by atoms with E-state index < -0.39 is 22.5 Å². The first-order valence-electron chi connectivity index (χ1n) is 9.10. The van der Waals surface area contributed by atoms with Gasteiger partial charge in [-0.05, 0) is 42.5 Å². The average Bonchev–Trinajstić information content (AvgIpc) is 3.21. The van der Waals surface area contributed by atoms with Gasteiger partial charge in [-0.3, -0.25) is 14.9 Å². The van der Waals surface area contributed by atoms with Gasteiger partial charge in [-0.25, -0.2) is 13.5 Å². The third kappa shape index (κ3) is 4.01. The second-order valence-electron chi connectivity index (χ2n) is 6.51. The number of para-hydroxylation sites is 1. The number of halogens is 2. The van der Waals surface area contributed by atoms with Crippen molar-refractivity contribution in [3.8, 4) is 16.9 Å². The fourth-order valence-electron chi connectivity index (χ4n) is 3.00. The number of hydrogen-bond donors (Lipinski definition) is 1. The van der Waals surface area contributed by atoms with Crippen molar-refractivity contribution in [3.05, 3.63) is 106 Å². The minimum absolute atomic E-state index is 0.00430. The zero-order chi connectivity index (χ0) is 22.0. The van der Waals surface area contributed by atoms with Gasteiger partial charge in [0.25, 0.3) is 11.6 Å². The van der Waals surface area contributed by atoms with Crippen LogP contribution in [0.25, 0.3) is 16.9 Å². The lowest BCUT2D eigenvalue weighted by Gasteiger charge is -2.09. The Morgan fingerprint density at radius 3 is 2.23 bits per heavy atom. The number of carbonyl (C=O) groups excluding carboxylic acids is 1. The van der Waals surface area contributed by atoms with E-state index in [1.807, 2.05) is 0 Å². The number of anilines is 1. The maximum atomic E-state index is 14.3. The number of nitrogens with one attached hydrogen (secondary N) is 1. The highest BCUT2D eigenvalue weighted by Crippen LogP contribution is 2.26. The molecule has 0 fully saturated rings. The molecule has 0 aliphatic rings. The van der Waals surface area contributed by atoms with Crippen molar-refractivity contribution in [2.45, 2.75) is 0 Å². The highest BCUT2D eigenvalue weighted by molar-refractivity contribution is 6.04. The molecule has 31 heavy (non-hydrogen) atoms. The van der Waals surface area contributed by atoms with Gasteiger partial charge in [0.05, 0.1) is 22.0 Å². The van der Waals surface area contributed by atoms with Gasteiger partial charge in [0.2, 0.25) is 0 Å². The predicted molar refractivity (Wildman–Crippen MR) is 110 cm³/mol. The molecule has 0 aliphatic carbocycles. The number of non-ortho nitro benzene ring substituents is 1. The molecule has 0 radical (unpaired) electrons. The fourth-order valence-corrected chi connectivity index (χ4v) is 3.00. The zero-order valence-corrected chi connectivity index (χ0v) is 15.8. The first-order valence-corrected chi connectivity index (χ1v) is 9.10. The molecule has 0 atom stereocenters. The van der Waals surface area contributed by atoms with Crippen LogP contribution in [0, 0.1) is 21.7 Å². The summed E-state index contributed by atoms with van der Waals surface area (Å²) in [6, 6.07) is 18.3. The molecule has 4 aromatic rings. The van der Waals surface area contributed by atoms with Gasteiger partial charge in [0, 0.05) is 17.7 Å². The van der Waals surface area contributed by atoms with E-state index in [9.17, 15) is 23.7 Å². The number of aromatic nitrogens is 2. The van der Waals surface area contributed by atoms with Crippen molar-refractivity contribution >= 4 is 17.3 Å². The van der Waals surface area contributed by atoms with E-state index in [2.05, 4.69) is 10.4 Å². The summed E-state index contributed by atoms with van der Waals surface area (Å²) in [4.78, 5) is 23.3. The largest absolute Gasteiger partial charge is 0.318 e. The molecule has 154 valence electrons. The van der Waals surface area contributed by atoms with E-state index in [0.717, 1.165) is 0 Å². The highest BCUT2D eigenvalue weighted by Gasteiger charge is 2.20. The zero-order valence-electron chi connectivity index (χ0n) is 15.8. The van der Waals surface area contributed by atoms with E-state index >= 15 is 0 Å². The molecule has 9 heteroatoms. The van der Waals surface area contributed by atoms with Crippen molar-refractivity contribution in [1.29, 1.82) is 0 Å². The van der Waals surface area contributed by atoms with E-state index in [1.165, 1.54) is 71.4 Å². The van der Waals surface area contributed by atoms with Gasteiger partial charge in [0.1, 0.15) is 17.3 Å². The smallest absolute Gasteiger partial charge is 0.274 e. The second kappa shape index (κ2) is 8.15. The molecular weight excluding hydrogens is 406 g/mol. The molecule has 0 unspecified atom stereocenters. The number of carbonyl (C=O) groups is 1. The lowest BCUT2D eigenvalue weighted by atomic mass is 10.1. The Hall–Kier alpha value is -4.40. The fraction of sp³-hybridized carbons (Fsp3) is 0. The first-order chi connectivity index (χ1) is 14.9. The number of nitro groups is 1. The van der Waals surface area contributed by atoms with Crippen LogP contribution in [-0.4, -0.2) is 20.6 Å². The summed E-state index contributed by atoms with van der Waals surface area (Å²) in [6.45, 7) is 0. The summed E-state index contributed by atoms with van der Waals surface area (Å²) < 4.78 is 29.5. The van der Waals surface area contributed by atoms with Gasteiger partial charge in [-0.2, -0.15) is 5.10 Å². The van der Waals surface area contributed by atoms with Crippen LogP contribution in [-0.2, 0) is 0 Å². The van der Waals surface area contributed by atoms with E-state index in [4.69, 9.17) is 0 Å². The molecule has 7 nitrogen and oxygen atoms in total. The van der Waals surface area contributed by atoms with Gasteiger partial charge >= 0.3 is 0 Å². The molecule has 1 aromatic heterocycles. The Balaban J connectivity index is 1.80. The molecule has 0 saturated heterocycles. The second-order valence-corrected chi connectivity index (χ2v) is 6.51. The number of nitro benzene ring substituents is 1. The number of hydrogen-bond acceptors (Lipinski definition) is 4. The quantitative estimate of drug-likeness (QED) is 0.364. The maximum Gasteiger partial charge on any atom is 0.274 e. The molecule has 1 amide bonds. The minimum Gasteiger partial charge on any atom is -0.318 e. The lowest BCUT2D eigenvalue weighted by Crippen LogP contribution is -2.17. The van der Waals surface area contributed by atoms with Crippen LogP contribution in [0.5, 0.6) is 0 Å². The van der Waals surface area contributed by atoms with Crippen molar-refractivity contribution in [1.82, 2.24) is 9.78 Å². The molecular formula is C22H14F2N4O3. The standard InChI is InChI=1S/C22H14F2N4O3/c23-17-6-2-1-5-16(17)20-13-21(22(29)25-19-8-4-3-7-18(19)24)27(26-20)14-9-11-15(12-10-14)28(30)31/h1-13H,(H,25,29). The third-order valence-corrected chi connectivity index (χ3v) is 4.52. The Morgan fingerprint density at radius 1 is 0.935 bits per heavy atom. The van der Waals surface area contributed by atoms with Gasteiger partial charge < -0.3 is 5.32 Å². The number of amides is 1. The van der Waals surface area contributed by atoms with Crippen LogP contribution in [0.2, 0.25) is 0 Å². The molecule has 4 rings (SSSR count). The monoisotopic (exact) mass is 420 g/mol. The van der Waals surface area contributed by atoms with Crippen LogP contribution in [0.3, 0.4) is 0 Å². The third-order valence-electron chi connectivity index (χ3n) is 4.52. The lowest BCUT2D eigenvalue weighted by molar-refractivity contribution is -0.384. The van der Waals surface area contributed by atoms with Crippen molar-refractivity contribution in [3.63, 3.8) is 0 Å². The van der Waals surface area contributed by atoms with Gasteiger partial charge in [-0.1, -0.05) is 24.3 Å². The molecule has 0 saturated carbocycles. The van der Waals surface area contributed by atoms with Crippen molar-refractivity contribution < 1.29 is 18.5 Å². The Labute approximate surface area is 174 Å². The number of benzene rings is 3. The topological polar surface area (TPSA) is 90.1 Å². The van der Waals surface area contributed by atoms with E-state index in [0.29, 0.717) is 5.69 Å². The highest BCUT2D eigenvalue weighted by atomic mass is 19.1. The van der Waals surface area contributed by atoms with Crippen LogP contribution in [0.4, 0.5) is 20.2 Å². The van der Waals surface area contributed by atoms with E-state index in [-0.39, 0.29) is 28.3 Å². The summed E-state index contributed by atoms with van der Waals surface area (Å²) in [5.41, 5.74) is 0.513. The molecule has 0 bridgehead atoms. The molecule has 0 spiro atoms.